The summed E-state index contributed by atoms with van der Waals surface area (Å²) in [5.74, 6) is -0.403. The van der Waals surface area contributed by atoms with Crippen LogP contribution in [0.4, 0.5) is 14.5 Å². The molecule has 0 aliphatic heterocycles. The maximum absolute atomic E-state index is 14.3. The number of aryl methyl sites for hydroxylation is 1. The second-order valence-electron chi connectivity index (χ2n) is 7.21. The van der Waals surface area contributed by atoms with E-state index in [0.29, 0.717) is 45.9 Å². The van der Waals surface area contributed by atoms with E-state index in [2.05, 4.69) is 25.3 Å². The third kappa shape index (κ3) is 3.46. The summed E-state index contributed by atoms with van der Waals surface area (Å²) in [6.07, 6.45) is 4.67. The van der Waals surface area contributed by atoms with E-state index in [0.717, 1.165) is 17.5 Å². The molecular formula is C23H17F2N5O. The SMILES string of the molecule is CNc1cc(F)cc2c1Cc1nc(Oc3ccc(C)nc3)nc(-c3cncc(F)c3)c1-2. The minimum atomic E-state index is -0.497. The minimum absolute atomic E-state index is 0.1000. The predicted octanol–water partition coefficient (Wildman–Crippen LogP) is 4.93. The van der Waals surface area contributed by atoms with Gasteiger partial charge in [0.15, 0.2) is 0 Å². The summed E-state index contributed by atoms with van der Waals surface area (Å²) in [6.45, 7) is 1.88. The average Bonchev–Trinajstić information content (AvgIpc) is 3.12. The second-order valence-corrected chi connectivity index (χ2v) is 7.21. The number of rotatable bonds is 4. The molecule has 8 heteroatoms. The summed E-state index contributed by atoms with van der Waals surface area (Å²) in [6, 6.07) is 7.91. The normalized spacial score (nSPS) is 11.7. The zero-order chi connectivity index (χ0) is 21.5. The van der Waals surface area contributed by atoms with Crippen LogP contribution in [0.3, 0.4) is 0 Å². The number of halogens is 2. The largest absolute Gasteiger partial charge is 0.423 e. The van der Waals surface area contributed by atoms with Gasteiger partial charge in [0.25, 0.3) is 0 Å². The van der Waals surface area contributed by atoms with Gasteiger partial charge in [-0.25, -0.2) is 8.78 Å². The maximum Gasteiger partial charge on any atom is 0.322 e. The van der Waals surface area contributed by atoms with E-state index in [4.69, 9.17) is 4.74 Å². The fourth-order valence-electron chi connectivity index (χ4n) is 3.75. The highest BCUT2D eigenvalue weighted by Gasteiger charge is 2.29. The van der Waals surface area contributed by atoms with Gasteiger partial charge in [-0.15, -0.1) is 0 Å². The highest BCUT2D eigenvalue weighted by atomic mass is 19.1. The Morgan fingerprint density at radius 3 is 2.61 bits per heavy atom. The van der Waals surface area contributed by atoms with E-state index in [1.165, 1.54) is 24.4 Å². The number of anilines is 1. The highest BCUT2D eigenvalue weighted by molar-refractivity contribution is 5.90. The Labute approximate surface area is 177 Å². The topological polar surface area (TPSA) is 72.8 Å². The van der Waals surface area contributed by atoms with Crippen molar-refractivity contribution in [3.63, 3.8) is 0 Å². The van der Waals surface area contributed by atoms with Crippen molar-refractivity contribution in [2.45, 2.75) is 13.3 Å². The van der Waals surface area contributed by atoms with Gasteiger partial charge in [0.05, 0.1) is 23.8 Å². The molecule has 5 rings (SSSR count). The van der Waals surface area contributed by atoms with Gasteiger partial charge >= 0.3 is 6.01 Å². The van der Waals surface area contributed by atoms with Crippen LogP contribution < -0.4 is 10.1 Å². The molecule has 1 N–H and O–H groups in total. The van der Waals surface area contributed by atoms with Crippen molar-refractivity contribution in [3.05, 3.63) is 77.5 Å². The molecule has 1 aromatic carbocycles. The van der Waals surface area contributed by atoms with Gasteiger partial charge in [0.2, 0.25) is 0 Å². The van der Waals surface area contributed by atoms with Crippen LogP contribution in [0.2, 0.25) is 0 Å². The number of nitrogens with zero attached hydrogens (tertiary/aromatic N) is 4. The summed E-state index contributed by atoms with van der Waals surface area (Å²) >= 11 is 0. The molecule has 3 aromatic heterocycles. The van der Waals surface area contributed by atoms with Crippen molar-refractivity contribution >= 4 is 5.69 Å². The molecule has 0 spiro atoms. The summed E-state index contributed by atoms with van der Waals surface area (Å²) < 4.78 is 34.1. The number of hydrogen-bond acceptors (Lipinski definition) is 6. The Morgan fingerprint density at radius 1 is 1.00 bits per heavy atom. The van der Waals surface area contributed by atoms with Crippen molar-refractivity contribution in [2.24, 2.45) is 0 Å². The van der Waals surface area contributed by atoms with E-state index in [9.17, 15) is 8.78 Å². The van der Waals surface area contributed by atoms with Gasteiger partial charge in [0, 0.05) is 42.2 Å². The van der Waals surface area contributed by atoms with Crippen LogP contribution in [-0.4, -0.2) is 27.0 Å². The number of pyridine rings is 2. The highest BCUT2D eigenvalue weighted by Crippen LogP contribution is 2.45. The molecule has 3 heterocycles. The van der Waals surface area contributed by atoms with Crippen molar-refractivity contribution in [1.29, 1.82) is 0 Å². The quantitative estimate of drug-likeness (QED) is 0.447. The first-order valence-electron chi connectivity index (χ1n) is 9.64. The Kier molecular flexibility index (Phi) is 4.54. The standard InChI is InChI=1S/C23H17F2N5O/c1-12-3-4-16(11-28-12)31-23-29-20-8-17-18(6-14(24)7-19(17)26-2)21(20)22(30-23)13-5-15(25)10-27-9-13/h3-7,9-11,26H,8H2,1-2H3. The summed E-state index contributed by atoms with van der Waals surface area (Å²) in [5.41, 5.74) is 5.28. The number of ether oxygens (including phenoxy) is 1. The molecule has 0 saturated heterocycles. The monoisotopic (exact) mass is 417 g/mol. The molecule has 154 valence electrons. The molecule has 0 atom stereocenters. The Balaban J connectivity index is 1.70. The van der Waals surface area contributed by atoms with Crippen LogP contribution in [0.25, 0.3) is 22.4 Å². The fourth-order valence-corrected chi connectivity index (χ4v) is 3.75. The van der Waals surface area contributed by atoms with Crippen molar-refractivity contribution in [1.82, 2.24) is 19.9 Å². The van der Waals surface area contributed by atoms with Crippen LogP contribution in [0.1, 0.15) is 17.0 Å². The molecule has 4 aromatic rings. The summed E-state index contributed by atoms with van der Waals surface area (Å²) in [5, 5.41) is 3.03. The van der Waals surface area contributed by atoms with E-state index in [1.54, 1.807) is 19.3 Å². The molecule has 0 saturated carbocycles. The number of hydrogen-bond donors (Lipinski definition) is 1. The summed E-state index contributed by atoms with van der Waals surface area (Å²) in [4.78, 5) is 17.3. The lowest BCUT2D eigenvalue weighted by Crippen LogP contribution is -2.00. The molecule has 31 heavy (non-hydrogen) atoms. The number of fused-ring (bicyclic) bond motifs is 3. The molecule has 1 aliphatic rings. The first-order valence-corrected chi connectivity index (χ1v) is 9.64. The molecule has 0 amide bonds. The average molecular weight is 417 g/mol. The van der Waals surface area contributed by atoms with Gasteiger partial charge in [-0.2, -0.15) is 9.97 Å². The molecule has 0 fully saturated rings. The first kappa shape index (κ1) is 19.0. The predicted molar refractivity (Wildman–Crippen MR) is 112 cm³/mol. The van der Waals surface area contributed by atoms with Gasteiger partial charge in [-0.3, -0.25) is 9.97 Å². The van der Waals surface area contributed by atoms with Crippen LogP contribution in [0.15, 0.2) is 48.9 Å². The van der Waals surface area contributed by atoms with E-state index >= 15 is 0 Å². The lowest BCUT2D eigenvalue weighted by atomic mass is 10.0. The van der Waals surface area contributed by atoms with Crippen LogP contribution in [0.5, 0.6) is 11.8 Å². The van der Waals surface area contributed by atoms with E-state index in [1.807, 2.05) is 13.0 Å². The molecule has 0 radical (unpaired) electrons. The number of aromatic nitrogens is 4. The van der Waals surface area contributed by atoms with E-state index < -0.39 is 5.82 Å². The third-order valence-corrected chi connectivity index (χ3v) is 5.13. The Bertz CT molecular complexity index is 1310. The lowest BCUT2D eigenvalue weighted by molar-refractivity contribution is 0.439. The Hall–Kier alpha value is -3.94. The zero-order valence-corrected chi connectivity index (χ0v) is 16.8. The number of benzene rings is 1. The minimum Gasteiger partial charge on any atom is -0.423 e. The molecule has 1 aliphatic carbocycles. The van der Waals surface area contributed by atoms with Crippen molar-refractivity contribution in [2.75, 3.05) is 12.4 Å². The summed E-state index contributed by atoms with van der Waals surface area (Å²) in [7, 11) is 1.74. The van der Waals surface area contributed by atoms with Gasteiger partial charge < -0.3 is 10.1 Å². The number of nitrogens with one attached hydrogen (secondary N) is 1. The second kappa shape index (κ2) is 7.39. The lowest BCUT2D eigenvalue weighted by Gasteiger charge is -2.12. The van der Waals surface area contributed by atoms with Crippen molar-refractivity contribution in [3.8, 4) is 34.1 Å². The zero-order valence-electron chi connectivity index (χ0n) is 16.8. The fraction of sp³-hybridized carbons (Fsp3) is 0.130. The molecule has 0 bridgehead atoms. The van der Waals surface area contributed by atoms with Crippen LogP contribution >= 0.6 is 0 Å². The van der Waals surface area contributed by atoms with Crippen molar-refractivity contribution < 1.29 is 13.5 Å². The van der Waals surface area contributed by atoms with Gasteiger partial charge in [-0.1, -0.05) is 0 Å². The molecule has 6 nitrogen and oxygen atoms in total. The van der Waals surface area contributed by atoms with Crippen LogP contribution in [-0.2, 0) is 6.42 Å². The van der Waals surface area contributed by atoms with Gasteiger partial charge in [-0.05, 0) is 48.4 Å². The molecule has 0 unspecified atom stereocenters. The van der Waals surface area contributed by atoms with Crippen LogP contribution in [0, 0.1) is 18.6 Å². The maximum atomic E-state index is 14.3. The smallest absolute Gasteiger partial charge is 0.322 e. The Morgan fingerprint density at radius 2 is 1.87 bits per heavy atom. The van der Waals surface area contributed by atoms with Gasteiger partial charge in [0.1, 0.15) is 17.4 Å². The third-order valence-electron chi connectivity index (χ3n) is 5.13. The van der Waals surface area contributed by atoms with E-state index in [-0.39, 0.29) is 11.8 Å². The first-order chi connectivity index (χ1) is 15.0. The molecular weight excluding hydrogens is 400 g/mol.